The highest BCUT2D eigenvalue weighted by molar-refractivity contribution is 5.51. The average Bonchev–Trinajstić information content (AvgIpc) is 2.30. The lowest BCUT2D eigenvalue weighted by atomic mass is 10.2. The third kappa shape index (κ3) is 4.36. The number of hydrogen-bond acceptors (Lipinski definition) is 4. The van der Waals surface area contributed by atoms with Gasteiger partial charge in [-0.15, -0.1) is 0 Å². The van der Waals surface area contributed by atoms with E-state index in [9.17, 15) is 14.5 Å². The fraction of sp³-hybridized carbons (Fsp3) is 0.455. The summed E-state index contributed by atoms with van der Waals surface area (Å²) in [7, 11) is 0. The summed E-state index contributed by atoms with van der Waals surface area (Å²) in [5.41, 5.74) is 0.00690. The lowest BCUT2D eigenvalue weighted by Crippen LogP contribution is -2.03. The molecular weight excluding hydrogens is 227 g/mol. The van der Waals surface area contributed by atoms with Crippen LogP contribution in [0, 0.1) is 15.9 Å². The van der Waals surface area contributed by atoms with Crippen LogP contribution in [0.3, 0.4) is 0 Å². The predicted octanol–water partition coefficient (Wildman–Crippen LogP) is 2.31. The minimum atomic E-state index is -0.833. The Bertz CT molecular complexity index is 385. The van der Waals surface area contributed by atoms with Gasteiger partial charge < -0.3 is 10.4 Å². The normalized spacial score (nSPS) is 10.2. The molecular formula is C11H15FN2O3. The Balaban J connectivity index is 2.49. The van der Waals surface area contributed by atoms with Crippen LogP contribution in [-0.4, -0.2) is 23.2 Å². The maximum atomic E-state index is 13.0. The maximum Gasteiger partial charge on any atom is 0.306 e. The number of nitrogens with zero attached hydrogens (tertiary/aromatic N) is 1. The van der Waals surface area contributed by atoms with Crippen molar-refractivity contribution < 1.29 is 14.4 Å². The number of aliphatic hydroxyl groups is 1. The van der Waals surface area contributed by atoms with E-state index in [0.29, 0.717) is 12.2 Å². The van der Waals surface area contributed by atoms with Crippen LogP contribution in [0.25, 0.3) is 0 Å². The van der Waals surface area contributed by atoms with Gasteiger partial charge in [-0.25, -0.2) is 0 Å². The van der Waals surface area contributed by atoms with Gasteiger partial charge in [-0.2, -0.15) is 4.39 Å². The Morgan fingerprint density at radius 1 is 1.35 bits per heavy atom. The molecule has 0 heterocycles. The van der Waals surface area contributed by atoms with Crippen LogP contribution < -0.4 is 5.32 Å². The Morgan fingerprint density at radius 3 is 2.76 bits per heavy atom. The second-order valence-corrected chi connectivity index (χ2v) is 3.63. The van der Waals surface area contributed by atoms with Gasteiger partial charge in [0.25, 0.3) is 0 Å². The van der Waals surface area contributed by atoms with Crippen molar-refractivity contribution in [3.8, 4) is 0 Å². The summed E-state index contributed by atoms with van der Waals surface area (Å²) in [6.07, 6.45) is 2.48. The monoisotopic (exact) mass is 242 g/mol. The lowest BCUT2D eigenvalue weighted by molar-refractivity contribution is -0.387. The molecule has 0 aromatic heterocycles. The Kier molecular flexibility index (Phi) is 5.35. The molecule has 2 N–H and O–H groups in total. The molecule has 0 spiro atoms. The standard InChI is InChI=1S/C11H15FN2O3/c12-10-5-4-9(8-11(10)14(16)17)13-6-2-1-3-7-15/h4-5,8,13,15H,1-3,6-7H2. The van der Waals surface area contributed by atoms with Crippen molar-refractivity contribution in [3.63, 3.8) is 0 Å². The highest BCUT2D eigenvalue weighted by Crippen LogP contribution is 2.21. The number of nitrogens with one attached hydrogen (secondary N) is 1. The van der Waals surface area contributed by atoms with E-state index in [4.69, 9.17) is 5.11 Å². The van der Waals surface area contributed by atoms with Gasteiger partial charge in [-0.3, -0.25) is 10.1 Å². The van der Waals surface area contributed by atoms with Crippen molar-refractivity contribution in [1.82, 2.24) is 0 Å². The Morgan fingerprint density at radius 2 is 2.12 bits per heavy atom. The smallest absolute Gasteiger partial charge is 0.306 e. The topological polar surface area (TPSA) is 75.4 Å². The van der Waals surface area contributed by atoms with Crippen LogP contribution >= 0.6 is 0 Å². The third-order valence-electron chi connectivity index (χ3n) is 2.31. The van der Waals surface area contributed by atoms with Crippen molar-refractivity contribution in [2.75, 3.05) is 18.5 Å². The van der Waals surface area contributed by atoms with Crippen LogP contribution in [0.15, 0.2) is 18.2 Å². The van der Waals surface area contributed by atoms with E-state index in [-0.39, 0.29) is 6.61 Å². The molecule has 0 saturated carbocycles. The molecule has 17 heavy (non-hydrogen) atoms. The summed E-state index contributed by atoms with van der Waals surface area (Å²) < 4.78 is 13.0. The van der Waals surface area contributed by atoms with Crippen LogP contribution in [0.5, 0.6) is 0 Å². The first-order valence-electron chi connectivity index (χ1n) is 5.44. The number of nitro groups is 1. The van der Waals surface area contributed by atoms with E-state index in [1.54, 1.807) is 0 Å². The molecule has 1 aromatic carbocycles. The first-order valence-corrected chi connectivity index (χ1v) is 5.44. The van der Waals surface area contributed by atoms with E-state index in [1.807, 2.05) is 0 Å². The summed E-state index contributed by atoms with van der Waals surface area (Å²) in [5, 5.41) is 22.0. The van der Waals surface area contributed by atoms with Gasteiger partial charge >= 0.3 is 5.69 Å². The molecule has 6 heteroatoms. The van der Waals surface area contributed by atoms with E-state index in [1.165, 1.54) is 12.1 Å². The second kappa shape index (κ2) is 6.80. The fourth-order valence-electron chi connectivity index (χ4n) is 1.41. The van der Waals surface area contributed by atoms with Crippen LogP contribution in [-0.2, 0) is 0 Å². The van der Waals surface area contributed by atoms with Crippen molar-refractivity contribution in [2.24, 2.45) is 0 Å². The minimum absolute atomic E-state index is 0.169. The van der Waals surface area contributed by atoms with Gasteiger partial charge in [0.15, 0.2) is 0 Å². The number of rotatable bonds is 7. The number of anilines is 1. The molecule has 0 aliphatic carbocycles. The van der Waals surface area contributed by atoms with Crippen LogP contribution in [0.2, 0.25) is 0 Å². The van der Waals surface area contributed by atoms with E-state index in [2.05, 4.69) is 5.32 Å². The molecule has 0 fully saturated rings. The summed E-state index contributed by atoms with van der Waals surface area (Å²) in [5.74, 6) is -0.833. The zero-order chi connectivity index (χ0) is 12.7. The number of hydrogen-bond donors (Lipinski definition) is 2. The molecule has 94 valence electrons. The van der Waals surface area contributed by atoms with Gasteiger partial charge in [0.05, 0.1) is 4.92 Å². The fourth-order valence-corrected chi connectivity index (χ4v) is 1.41. The lowest BCUT2D eigenvalue weighted by Gasteiger charge is -2.05. The highest BCUT2D eigenvalue weighted by Gasteiger charge is 2.13. The zero-order valence-electron chi connectivity index (χ0n) is 9.36. The van der Waals surface area contributed by atoms with Gasteiger partial charge in [0.2, 0.25) is 5.82 Å². The summed E-state index contributed by atoms with van der Waals surface area (Å²) in [4.78, 5) is 9.76. The van der Waals surface area contributed by atoms with Gasteiger partial charge in [-0.05, 0) is 31.4 Å². The second-order valence-electron chi connectivity index (χ2n) is 3.63. The van der Waals surface area contributed by atoms with E-state index >= 15 is 0 Å². The van der Waals surface area contributed by atoms with E-state index in [0.717, 1.165) is 25.3 Å². The number of aliphatic hydroxyl groups excluding tert-OH is 1. The quantitative estimate of drug-likeness (QED) is 0.437. The van der Waals surface area contributed by atoms with Gasteiger partial charge in [0, 0.05) is 24.9 Å². The van der Waals surface area contributed by atoms with Gasteiger partial charge in [0.1, 0.15) is 0 Å². The molecule has 0 atom stereocenters. The Hall–Kier alpha value is -1.69. The van der Waals surface area contributed by atoms with Gasteiger partial charge in [-0.1, -0.05) is 0 Å². The highest BCUT2D eigenvalue weighted by atomic mass is 19.1. The number of nitro benzene ring substituents is 1. The third-order valence-corrected chi connectivity index (χ3v) is 2.31. The molecule has 0 amide bonds. The number of halogens is 1. The SMILES string of the molecule is O=[N+]([O-])c1cc(NCCCCCO)ccc1F. The maximum absolute atomic E-state index is 13.0. The summed E-state index contributed by atoms with van der Waals surface area (Å²) in [6, 6.07) is 3.73. The average molecular weight is 242 g/mol. The van der Waals surface area contributed by atoms with Crippen molar-refractivity contribution >= 4 is 11.4 Å². The Labute approximate surface area is 98.4 Å². The number of benzene rings is 1. The predicted molar refractivity (Wildman–Crippen MR) is 62.5 cm³/mol. The van der Waals surface area contributed by atoms with Crippen molar-refractivity contribution in [2.45, 2.75) is 19.3 Å². The van der Waals surface area contributed by atoms with Crippen molar-refractivity contribution in [3.05, 3.63) is 34.1 Å². The van der Waals surface area contributed by atoms with E-state index < -0.39 is 16.4 Å². The zero-order valence-corrected chi connectivity index (χ0v) is 9.36. The summed E-state index contributed by atoms with van der Waals surface area (Å²) in [6.45, 7) is 0.810. The molecule has 5 nitrogen and oxygen atoms in total. The molecule has 0 unspecified atom stereocenters. The first kappa shape index (κ1) is 13.4. The first-order chi connectivity index (χ1) is 8.15. The molecule has 0 aliphatic rings. The molecule has 1 aromatic rings. The van der Waals surface area contributed by atoms with Crippen LogP contribution in [0.1, 0.15) is 19.3 Å². The molecule has 0 radical (unpaired) electrons. The molecule has 1 rings (SSSR count). The molecule has 0 aliphatic heterocycles. The summed E-state index contributed by atoms with van der Waals surface area (Å²) >= 11 is 0. The molecule has 0 bridgehead atoms. The largest absolute Gasteiger partial charge is 0.396 e. The van der Waals surface area contributed by atoms with Crippen molar-refractivity contribution in [1.29, 1.82) is 0 Å². The molecule has 0 saturated heterocycles. The minimum Gasteiger partial charge on any atom is -0.396 e. The van der Waals surface area contributed by atoms with Crippen LogP contribution in [0.4, 0.5) is 15.8 Å². The number of unbranched alkanes of at least 4 members (excludes halogenated alkanes) is 2.